The molecule has 0 aliphatic rings. The van der Waals surface area contributed by atoms with Crippen molar-refractivity contribution in [3.05, 3.63) is 29.8 Å². The molecule has 16 heavy (non-hydrogen) atoms. The third-order valence-electron chi connectivity index (χ3n) is 2.27. The van der Waals surface area contributed by atoms with Crippen molar-refractivity contribution in [2.45, 2.75) is 24.3 Å². The summed E-state index contributed by atoms with van der Waals surface area (Å²) in [5.41, 5.74) is 0.761. The van der Waals surface area contributed by atoms with Gasteiger partial charge in [-0.15, -0.1) is 11.8 Å². The van der Waals surface area contributed by atoms with Crippen molar-refractivity contribution in [2.75, 3.05) is 11.6 Å². The molecule has 88 valence electrons. The van der Waals surface area contributed by atoms with Crippen molar-refractivity contribution in [3.63, 3.8) is 0 Å². The first kappa shape index (κ1) is 13.6. The molecule has 1 aromatic carbocycles. The van der Waals surface area contributed by atoms with Gasteiger partial charge in [-0.2, -0.15) is 0 Å². The van der Waals surface area contributed by atoms with E-state index in [2.05, 4.69) is 21.2 Å². The van der Waals surface area contributed by atoms with E-state index in [0.717, 1.165) is 22.2 Å². The summed E-state index contributed by atoms with van der Waals surface area (Å²) < 4.78 is 0. The van der Waals surface area contributed by atoms with Crippen LogP contribution in [0.25, 0.3) is 0 Å². The molecular formula is C12H16BrNOS. The fourth-order valence-corrected chi connectivity index (χ4v) is 2.65. The van der Waals surface area contributed by atoms with E-state index >= 15 is 0 Å². The molecule has 1 amide bonds. The van der Waals surface area contributed by atoms with E-state index in [-0.39, 0.29) is 11.9 Å². The Balaban J connectivity index is 2.72. The smallest absolute Gasteiger partial charge is 0.252 e. The highest BCUT2D eigenvalue weighted by Crippen LogP contribution is 2.19. The lowest BCUT2D eigenvalue weighted by Gasteiger charge is -2.13. The summed E-state index contributed by atoms with van der Waals surface area (Å²) in [7, 11) is 0. The molecule has 0 fully saturated rings. The van der Waals surface area contributed by atoms with Crippen LogP contribution in [0.2, 0.25) is 0 Å². The number of alkyl halides is 1. The van der Waals surface area contributed by atoms with E-state index in [9.17, 15) is 4.79 Å². The molecule has 1 rings (SSSR count). The number of carbonyl (C=O) groups is 1. The maximum atomic E-state index is 12.0. The number of thioether (sulfide) groups is 1. The minimum Gasteiger partial charge on any atom is -0.350 e. The van der Waals surface area contributed by atoms with Crippen LogP contribution in [0.3, 0.4) is 0 Å². The zero-order valence-electron chi connectivity index (χ0n) is 9.50. The lowest BCUT2D eigenvalue weighted by atomic mass is 10.2. The molecule has 1 atom stereocenters. The average Bonchev–Trinajstić information content (AvgIpc) is 2.29. The minimum absolute atomic E-state index is 0.0124. The monoisotopic (exact) mass is 301 g/mol. The second kappa shape index (κ2) is 6.97. The molecule has 1 N–H and O–H groups in total. The molecule has 4 heteroatoms. The van der Waals surface area contributed by atoms with E-state index in [0.29, 0.717) is 0 Å². The third kappa shape index (κ3) is 3.83. The van der Waals surface area contributed by atoms with Gasteiger partial charge >= 0.3 is 0 Å². The molecular weight excluding hydrogens is 286 g/mol. The molecule has 0 aromatic heterocycles. The Kier molecular flexibility index (Phi) is 5.91. The van der Waals surface area contributed by atoms with Crippen LogP contribution < -0.4 is 5.32 Å². The lowest BCUT2D eigenvalue weighted by molar-refractivity contribution is 0.0936. The van der Waals surface area contributed by atoms with Gasteiger partial charge < -0.3 is 5.32 Å². The van der Waals surface area contributed by atoms with Gasteiger partial charge in [0.1, 0.15) is 0 Å². The van der Waals surface area contributed by atoms with Crippen LogP contribution in [-0.4, -0.2) is 23.5 Å². The predicted octanol–water partition coefficient (Wildman–Crippen LogP) is 3.31. The second-order valence-corrected chi connectivity index (χ2v) is 5.19. The van der Waals surface area contributed by atoms with E-state index in [1.54, 1.807) is 11.8 Å². The Morgan fingerprint density at radius 3 is 2.81 bits per heavy atom. The highest BCUT2D eigenvalue weighted by molar-refractivity contribution is 9.09. The average molecular weight is 302 g/mol. The Hall–Kier alpha value is -0.480. The summed E-state index contributed by atoms with van der Waals surface area (Å²) in [4.78, 5) is 13.0. The van der Waals surface area contributed by atoms with Crippen molar-refractivity contribution >= 4 is 33.6 Å². The number of amides is 1. The molecule has 0 saturated carbocycles. The van der Waals surface area contributed by atoms with Crippen LogP contribution in [0.1, 0.15) is 23.7 Å². The zero-order chi connectivity index (χ0) is 12.0. The fourth-order valence-electron chi connectivity index (χ4n) is 1.37. The normalized spacial score (nSPS) is 12.2. The number of nitrogens with one attached hydrogen (secondary N) is 1. The number of halogens is 1. The zero-order valence-corrected chi connectivity index (χ0v) is 11.9. The molecule has 0 radical (unpaired) electrons. The molecule has 1 unspecified atom stereocenters. The van der Waals surface area contributed by atoms with E-state index in [1.807, 2.05) is 37.4 Å². The van der Waals surface area contributed by atoms with Crippen LogP contribution >= 0.6 is 27.7 Å². The van der Waals surface area contributed by atoms with Crippen molar-refractivity contribution in [1.82, 2.24) is 5.32 Å². The van der Waals surface area contributed by atoms with Gasteiger partial charge in [0.15, 0.2) is 0 Å². The summed E-state index contributed by atoms with van der Waals surface area (Å²) in [5, 5.41) is 3.89. The third-order valence-corrected chi connectivity index (χ3v) is 3.52. The highest BCUT2D eigenvalue weighted by Gasteiger charge is 2.12. The van der Waals surface area contributed by atoms with Crippen LogP contribution in [0, 0.1) is 0 Å². The topological polar surface area (TPSA) is 29.1 Å². The Bertz CT molecular complexity index is 357. The first-order chi connectivity index (χ1) is 7.69. The van der Waals surface area contributed by atoms with Gasteiger partial charge in [0.05, 0.1) is 5.56 Å². The van der Waals surface area contributed by atoms with Gasteiger partial charge in [0, 0.05) is 16.3 Å². The van der Waals surface area contributed by atoms with Crippen LogP contribution in [0.5, 0.6) is 0 Å². The molecule has 0 spiro atoms. The summed E-state index contributed by atoms with van der Waals surface area (Å²) in [5.74, 6) is 0.0124. The van der Waals surface area contributed by atoms with Crippen molar-refractivity contribution < 1.29 is 4.79 Å². The minimum atomic E-state index is 0.0124. The summed E-state index contributed by atoms with van der Waals surface area (Å²) in [6, 6.07) is 7.87. The predicted molar refractivity (Wildman–Crippen MR) is 73.6 cm³/mol. The molecule has 1 aromatic rings. The van der Waals surface area contributed by atoms with E-state index < -0.39 is 0 Å². The van der Waals surface area contributed by atoms with Gasteiger partial charge in [0.25, 0.3) is 5.91 Å². The fraction of sp³-hybridized carbons (Fsp3) is 0.417. The summed E-state index contributed by atoms with van der Waals surface area (Å²) in [6.07, 6.45) is 2.92. The van der Waals surface area contributed by atoms with Gasteiger partial charge in [-0.1, -0.05) is 28.1 Å². The second-order valence-electron chi connectivity index (χ2n) is 3.55. The van der Waals surface area contributed by atoms with Crippen LogP contribution in [-0.2, 0) is 0 Å². The summed E-state index contributed by atoms with van der Waals surface area (Å²) >= 11 is 4.96. The Morgan fingerprint density at radius 1 is 1.50 bits per heavy atom. The first-order valence-electron chi connectivity index (χ1n) is 5.19. The van der Waals surface area contributed by atoms with Gasteiger partial charge in [-0.25, -0.2) is 0 Å². The quantitative estimate of drug-likeness (QED) is 0.668. The van der Waals surface area contributed by atoms with Gasteiger partial charge in [-0.3, -0.25) is 4.79 Å². The standard InChI is InChI=1S/C12H16BrNOS/c1-9(7-8-13)14-12(15)10-5-3-4-6-11(10)16-2/h3-6,9H,7-8H2,1-2H3,(H,14,15). The van der Waals surface area contributed by atoms with Crippen molar-refractivity contribution in [1.29, 1.82) is 0 Å². The molecule has 2 nitrogen and oxygen atoms in total. The molecule has 0 saturated heterocycles. The largest absolute Gasteiger partial charge is 0.350 e. The molecule has 0 aliphatic heterocycles. The SMILES string of the molecule is CSc1ccccc1C(=O)NC(C)CCBr. The van der Waals surface area contributed by atoms with Gasteiger partial charge in [0.2, 0.25) is 0 Å². The van der Waals surface area contributed by atoms with Crippen molar-refractivity contribution in [2.24, 2.45) is 0 Å². The molecule has 0 heterocycles. The highest BCUT2D eigenvalue weighted by atomic mass is 79.9. The Morgan fingerprint density at radius 2 is 2.19 bits per heavy atom. The van der Waals surface area contributed by atoms with Gasteiger partial charge in [-0.05, 0) is 31.7 Å². The van der Waals surface area contributed by atoms with Crippen molar-refractivity contribution in [3.8, 4) is 0 Å². The number of rotatable bonds is 5. The maximum Gasteiger partial charge on any atom is 0.252 e. The summed E-state index contributed by atoms with van der Waals surface area (Å²) in [6.45, 7) is 2.01. The number of benzene rings is 1. The van der Waals surface area contributed by atoms with Crippen LogP contribution in [0.15, 0.2) is 29.2 Å². The number of carbonyl (C=O) groups excluding carboxylic acids is 1. The van der Waals surface area contributed by atoms with E-state index in [1.165, 1.54) is 0 Å². The first-order valence-corrected chi connectivity index (χ1v) is 7.53. The number of hydrogen-bond donors (Lipinski definition) is 1. The molecule has 0 bridgehead atoms. The molecule has 0 aliphatic carbocycles. The van der Waals surface area contributed by atoms with E-state index in [4.69, 9.17) is 0 Å². The van der Waals surface area contributed by atoms with Crippen LogP contribution in [0.4, 0.5) is 0 Å². The number of hydrogen-bond acceptors (Lipinski definition) is 2. The Labute approximate surface area is 109 Å². The maximum absolute atomic E-state index is 12.0. The lowest BCUT2D eigenvalue weighted by Crippen LogP contribution is -2.33.